The summed E-state index contributed by atoms with van der Waals surface area (Å²) in [5.74, 6) is 0.745. The molecule has 0 aliphatic carbocycles. The van der Waals surface area contributed by atoms with Crippen molar-refractivity contribution in [1.82, 2.24) is 4.98 Å². The first kappa shape index (κ1) is 9.27. The van der Waals surface area contributed by atoms with Gasteiger partial charge in [-0.05, 0) is 39.5 Å². The minimum Gasteiger partial charge on any atom is -0.497 e. The standard InChI is InChI=1S/C10H8BrNO2/c1-14-7-2-3-8-6(4-7)5-9(13)12-10(8)11/h2-5H,1H3,(H,12,13). The number of rotatable bonds is 1. The molecule has 1 heterocycles. The number of halogens is 1. The van der Waals surface area contributed by atoms with Gasteiger partial charge in [0.2, 0.25) is 5.56 Å². The van der Waals surface area contributed by atoms with Crippen LogP contribution in [0.5, 0.6) is 5.75 Å². The number of pyridine rings is 1. The lowest BCUT2D eigenvalue weighted by molar-refractivity contribution is 0.415. The molecule has 0 fully saturated rings. The summed E-state index contributed by atoms with van der Waals surface area (Å²) in [5, 5.41) is 1.82. The number of fused-ring (bicyclic) bond motifs is 1. The fourth-order valence-electron chi connectivity index (χ4n) is 1.34. The van der Waals surface area contributed by atoms with Crippen LogP contribution in [0.2, 0.25) is 0 Å². The van der Waals surface area contributed by atoms with E-state index in [2.05, 4.69) is 20.9 Å². The average molecular weight is 254 g/mol. The highest BCUT2D eigenvalue weighted by Gasteiger charge is 2.01. The number of ether oxygens (including phenoxy) is 1. The molecule has 2 rings (SSSR count). The van der Waals surface area contributed by atoms with Crippen molar-refractivity contribution in [2.45, 2.75) is 0 Å². The number of aromatic nitrogens is 1. The number of hydrogen-bond donors (Lipinski definition) is 1. The average Bonchev–Trinajstić information content (AvgIpc) is 2.16. The van der Waals surface area contributed by atoms with Crippen molar-refractivity contribution < 1.29 is 4.74 Å². The van der Waals surface area contributed by atoms with Crippen molar-refractivity contribution in [1.29, 1.82) is 0 Å². The maximum absolute atomic E-state index is 11.2. The molecule has 0 saturated heterocycles. The van der Waals surface area contributed by atoms with Gasteiger partial charge in [0.1, 0.15) is 5.75 Å². The molecule has 2 aromatic rings. The van der Waals surface area contributed by atoms with E-state index in [9.17, 15) is 4.79 Å². The Morgan fingerprint density at radius 2 is 2.14 bits per heavy atom. The van der Waals surface area contributed by atoms with Crippen LogP contribution in [0, 0.1) is 0 Å². The van der Waals surface area contributed by atoms with E-state index in [0.29, 0.717) is 4.60 Å². The zero-order chi connectivity index (χ0) is 10.1. The Labute approximate surface area is 88.8 Å². The van der Waals surface area contributed by atoms with Crippen LogP contribution in [-0.2, 0) is 0 Å². The topological polar surface area (TPSA) is 42.1 Å². The summed E-state index contributed by atoms with van der Waals surface area (Å²) in [4.78, 5) is 13.8. The largest absolute Gasteiger partial charge is 0.497 e. The highest BCUT2D eigenvalue weighted by molar-refractivity contribution is 9.10. The van der Waals surface area contributed by atoms with Crippen molar-refractivity contribution in [3.8, 4) is 5.75 Å². The number of nitrogens with one attached hydrogen (secondary N) is 1. The summed E-state index contributed by atoms with van der Waals surface area (Å²) >= 11 is 3.30. The number of H-pyrrole nitrogens is 1. The fourth-order valence-corrected chi connectivity index (χ4v) is 1.90. The van der Waals surface area contributed by atoms with Crippen LogP contribution in [0.4, 0.5) is 0 Å². The molecular formula is C10H8BrNO2. The lowest BCUT2D eigenvalue weighted by Crippen LogP contribution is -2.03. The minimum absolute atomic E-state index is 0.127. The third-order valence-electron chi connectivity index (χ3n) is 2.01. The van der Waals surface area contributed by atoms with Gasteiger partial charge in [0, 0.05) is 11.5 Å². The van der Waals surface area contributed by atoms with Crippen LogP contribution in [0.15, 0.2) is 33.7 Å². The minimum atomic E-state index is -0.127. The molecule has 4 heteroatoms. The van der Waals surface area contributed by atoms with Crippen LogP contribution in [0.3, 0.4) is 0 Å². The van der Waals surface area contributed by atoms with Gasteiger partial charge in [-0.3, -0.25) is 4.79 Å². The van der Waals surface area contributed by atoms with Gasteiger partial charge in [0.15, 0.2) is 0 Å². The second kappa shape index (κ2) is 3.46. The van der Waals surface area contributed by atoms with Gasteiger partial charge in [-0.15, -0.1) is 0 Å². The maximum Gasteiger partial charge on any atom is 0.249 e. The van der Waals surface area contributed by atoms with Gasteiger partial charge in [-0.25, -0.2) is 0 Å². The third kappa shape index (κ3) is 1.53. The molecule has 0 bridgehead atoms. The van der Waals surface area contributed by atoms with Crippen LogP contribution in [0.25, 0.3) is 10.8 Å². The fraction of sp³-hybridized carbons (Fsp3) is 0.100. The lowest BCUT2D eigenvalue weighted by atomic mass is 10.2. The van der Waals surface area contributed by atoms with E-state index in [1.54, 1.807) is 13.2 Å². The Morgan fingerprint density at radius 1 is 1.36 bits per heavy atom. The number of methoxy groups -OCH3 is 1. The third-order valence-corrected chi connectivity index (χ3v) is 2.64. The van der Waals surface area contributed by atoms with Gasteiger partial charge >= 0.3 is 0 Å². The molecule has 0 unspecified atom stereocenters. The first-order valence-electron chi connectivity index (χ1n) is 4.07. The number of aromatic amines is 1. The monoisotopic (exact) mass is 253 g/mol. The van der Waals surface area contributed by atoms with Crippen molar-refractivity contribution in [2.24, 2.45) is 0 Å². The van der Waals surface area contributed by atoms with Gasteiger partial charge in [-0.2, -0.15) is 0 Å². The van der Waals surface area contributed by atoms with Gasteiger partial charge in [0.05, 0.1) is 11.7 Å². The lowest BCUT2D eigenvalue weighted by Gasteiger charge is -2.03. The molecule has 0 amide bonds. The van der Waals surface area contributed by atoms with E-state index in [4.69, 9.17) is 4.74 Å². The van der Waals surface area contributed by atoms with E-state index >= 15 is 0 Å². The van der Waals surface area contributed by atoms with E-state index < -0.39 is 0 Å². The maximum atomic E-state index is 11.2. The van der Waals surface area contributed by atoms with E-state index in [0.717, 1.165) is 16.5 Å². The second-order valence-corrected chi connectivity index (χ2v) is 3.69. The van der Waals surface area contributed by atoms with Gasteiger partial charge in [-0.1, -0.05) is 0 Å². The Kier molecular flexibility index (Phi) is 2.29. The normalized spacial score (nSPS) is 10.4. The summed E-state index contributed by atoms with van der Waals surface area (Å²) in [6.45, 7) is 0. The predicted molar refractivity (Wildman–Crippen MR) is 58.8 cm³/mol. The molecule has 1 N–H and O–H groups in total. The molecule has 0 spiro atoms. The van der Waals surface area contributed by atoms with Crippen molar-refractivity contribution in [3.05, 3.63) is 39.2 Å². The van der Waals surface area contributed by atoms with Crippen molar-refractivity contribution >= 4 is 26.7 Å². The summed E-state index contributed by atoms with van der Waals surface area (Å²) in [6, 6.07) is 7.12. The molecule has 0 aliphatic heterocycles. The van der Waals surface area contributed by atoms with Crippen molar-refractivity contribution in [3.63, 3.8) is 0 Å². The molecule has 0 atom stereocenters. The SMILES string of the molecule is COc1ccc2c(Br)[nH]c(=O)cc2c1. The zero-order valence-corrected chi connectivity index (χ0v) is 9.09. The number of hydrogen-bond acceptors (Lipinski definition) is 2. The van der Waals surface area contributed by atoms with Crippen molar-refractivity contribution in [2.75, 3.05) is 7.11 Å². The van der Waals surface area contributed by atoms with E-state index in [1.165, 1.54) is 0 Å². The van der Waals surface area contributed by atoms with Crippen LogP contribution < -0.4 is 10.3 Å². The predicted octanol–water partition coefficient (Wildman–Crippen LogP) is 2.30. The summed E-state index contributed by atoms with van der Waals surface area (Å²) in [7, 11) is 1.60. The summed E-state index contributed by atoms with van der Waals surface area (Å²) in [5.41, 5.74) is -0.127. The quantitative estimate of drug-likeness (QED) is 0.793. The van der Waals surface area contributed by atoms with Gasteiger partial charge in [0.25, 0.3) is 0 Å². The Morgan fingerprint density at radius 3 is 2.86 bits per heavy atom. The Bertz CT molecular complexity index is 533. The Balaban J connectivity index is 2.82. The highest BCUT2D eigenvalue weighted by atomic mass is 79.9. The first-order chi connectivity index (χ1) is 6.70. The van der Waals surface area contributed by atoms with Crippen LogP contribution >= 0.6 is 15.9 Å². The molecule has 0 saturated carbocycles. The molecular weight excluding hydrogens is 246 g/mol. The van der Waals surface area contributed by atoms with Gasteiger partial charge < -0.3 is 9.72 Å². The second-order valence-electron chi connectivity index (χ2n) is 2.90. The van der Waals surface area contributed by atoms with Crippen LogP contribution in [0.1, 0.15) is 0 Å². The molecule has 14 heavy (non-hydrogen) atoms. The Hall–Kier alpha value is -1.29. The van der Waals surface area contributed by atoms with E-state index in [1.807, 2.05) is 18.2 Å². The zero-order valence-electron chi connectivity index (χ0n) is 7.50. The summed E-state index contributed by atoms with van der Waals surface area (Å²) in [6.07, 6.45) is 0. The molecule has 1 aromatic carbocycles. The highest BCUT2D eigenvalue weighted by Crippen LogP contribution is 2.23. The molecule has 72 valence electrons. The summed E-state index contributed by atoms with van der Waals surface area (Å²) < 4.78 is 5.77. The molecule has 3 nitrogen and oxygen atoms in total. The number of benzene rings is 1. The van der Waals surface area contributed by atoms with Crippen LogP contribution in [-0.4, -0.2) is 12.1 Å². The molecule has 0 aliphatic rings. The smallest absolute Gasteiger partial charge is 0.249 e. The molecule has 0 radical (unpaired) electrons. The first-order valence-corrected chi connectivity index (χ1v) is 4.86. The molecule has 1 aromatic heterocycles. The van der Waals surface area contributed by atoms with E-state index in [-0.39, 0.29) is 5.56 Å².